The van der Waals surface area contributed by atoms with Crippen molar-refractivity contribution >= 4 is 23.2 Å². The molecule has 3 atom stereocenters. The Labute approximate surface area is 178 Å². The second-order valence-electron chi connectivity index (χ2n) is 8.32. The number of nitrogens with one attached hydrogen (secondary N) is 3. The summed E-state index contributed by atoms with van der Waals surface area (Å²) in [6.07, 6.45) is 1.24. The minimum Gasteiger partial charge on any atom is -0.494 e. The molecule has 1 unspecified atom stereocenters. The molecule has 1 fully saturated rings. The summed E-state index contributed by atoms with van der Waals surface area (Å²) in [5.41, 5.74) is 1.94. The van der Waals surface area contributed by atoms with Gasteiger partial charge in [-0.2, -0.15) is 0 Å². The van der Waals surface area contributed by atoms with Crippen LogP contribution in [0.1, 0.15) is 37.6 Å². The van der Waals surface area contributed by atoms with Crippen LogP contribution < -0.4 is 20.3 Å². The van der Waals surface area contributed by atoms with Crippen molar-refractivity contribution in [1.29, 1.82) is 0 Å². The summed E-state index contributed by atoms with van der Waals surface area (Å²) < 4.78 is 5.40. The third kappa shape index (κ3) is 6.32. The van der Waals surface area contributed by atoms with Crippen LogP contribution in [0.3, 0.4) is 0 Å². The Balaban J connectivity index is 1.51. The van der Waals surface area contributed by atoms with E-state index in [9.17, 15) is 9.59 Å². The molecule has 2 aromatic rings. The van der Waals surface area contributed by atoms with E-state index < -0.39 is 0 Å². The second-order valence-corrected chi connectivity index (χ2v) is 8.32. The molecule has 6 nitrogen and oxygen atoms in total. The third-order valence-corrected chi connectivity index (χ3v) is 5.34. The molecule has 0 saturated carbocycles. The molecular formula is C24H32N3O3+. The van der Waals surface area contributed by atoms with E-state index in [1.54, 1.807) is 24.3 Å². The third-order valence-electron chi connectivity index (χ3n) is 5.34. The van der Waals surface area contributed by atoms with Crippen LogP contribution in [0.25, 0.3) is 0 Å². The van der Waals surface area contributed by atoms with Gasteiger partial charge >= 0.3 is 0 Å². The number of benzene rings is 2. The van der Waals surface area contributed by atoms with Gasteiger partial charge in [-0.15, -0.1) is 0 Å². The first kappa shape index (κ1) is 21.8. The normalized spacial score (nSPS) is 21.0. The number of hydrogen-bond donors (Lipinski definition) is 3. The van der Waals surface area contributed by atoms with Crippen LogP contribution in [0.2, 0.25) is 0 Å². The van der Waals surface area contributed by atoms with E-state index in [1.807, 2.05) is 31.2 Å². The van der Waals surface area contributed by atoms with Crippen LogP contribution in [-0.4, -0.2) is 38.1 Å². The number of carbonyl (C=O) groups excluding carboxylic acids is 2. The largest absolute Gasteiger partial charge is 0.494 e. The Bertz CT molecular complexity index is 839. The molecule has 2 aromatic carbocycles. The summed E-state index contributed by atoms with van der Waals surface area (Å²) in [6, 6.07) is 14.2. The molecular weight excluding hydrogens is 378 g/mol. The van der Waals surface area contributed by atoms with E-state index >= 15 is 0 Å². The zero-order valence-electron chi connectivity index (χ0n) is 18.0. The van der Waals surface area contributed by atoms with Gasteiger partial charge < -0.3 is 20.3 Å². The summed E-state index contributed by atoms with van der Waals surface area (Å²) >= 11 is 0. The molecule has 6 heteroatoms. The molecule has 0 bridgehead atoms. The van der Waals surface area contributed by atoms with E-state index in [-0.39, 0.29) is 11.8 Å². The van der Waals surface area contributed by atoms with Crippen molar-refractivity contribution in [1.82, 2.24) is 0 Å². The van der Waals surface area contributed by atoms with Gasteiger partial charge in [0.15, 0.2) is 6.54 Å². The highest BCUT2D eigenvalue weighted by molar-refractivity contribution is 6.04. The van der Waals surface area contributed by atoms with Crippen LogP contribution in [0.15, 0.2) is 48.5 Å². The molecule has 0 aliphatic carbocycles. The predicted molar refractivity (Wildman–Crippen MR) is 119 cm³/mol. The molecule has 3 rings (SSSR count). The lowest BCUT2D eigenvalue weighted by Crippen LogP contribution is -3.15. The van der Waals surface area contributed by atoms with Crippen molar-refractivity contribution in [3.63, 3.8) is 0 Å². The Kier molecular flexibility index (Phi) is 7.46. The highest BCUT2D eigenvalue weighted by Crippen LogP contribution is 2.17. The molecule has 0 radical (unpaired) electrons. The first-order valence-electron chi connectivity index (χ1n) is 10.7. The van der Waals surface area contributed by atoms with Gasteiger partial charge in [-0.3, -0.25) is 9.59 Å². The molecule has 2 amide bonds. The average Bonchev–Trinajstić information content (AvgIpc) is 2.69. The lowest BCUT2D eigenvalue weighted by Gasteiger charge is -2.31. The van der Waals surface area contributed by atoms with Crippen molar-refractivity contribution in [2.45, 2.75) is 27.2 Å². The average molecular weight is 411 g/mol. The molecule has 1 aliphatic heterocycles. The fraction of sp³-hybridized carbons (Fsp3) is 0.417. The number of piperidine rings is 1. The summed E-state index contributed by atoms with van der Waals surface area (Å²) in [4.78, 5) is 26.2. The first-order chi connectivity index (χ1) is 14.4. The van der Waals surface area contributed by atoms with Gasteiger partial charge in [-0.1, -0.05) is 13.8 Å². The number of carbonyl (C=O) groups is 2. The maximum atomic E-state index is 12.4. The summed E-state index contributed by atoms with van der Waals surface area (Å²) in [6.45, 7) is 9.61. The lowest BCUT2D eigenvalue weighted by molar-refractivity contribution is -0.904. The number of hydrogen-bond acceptors (Lipinski definition) is 3. The van der Waals surface area contributed by atoms with E-state index in [0.29, 0.717) is 41.9 Å². The van der Waals surface area contributed by atoms with Gasteiger partial charge in [-0.25, -0.2) is 0 Å². The number of likely N-dealkylation sites (tertiary alicyclic amines) is 1. The van der Waals surface area contributed by atoms with Gasteiger partial charge in [0.1, 0.15) is 5.75 Å². The molecule has 0 spiro atoms. The van der Waals surface area contributed by atoms with Gasteiger partial charge in [0.2, 0.25) is 0 Å². The molecule has 160 valence electrons. The maximum Gasteiger partial charge on any atom is 0.279 e. The fourth-order valence-corrected chi connectivity index (χ4v) is 4.21. The first-order valence-corrected chi connectivity index (χ1v) is 10.7. The van der Waals surface area contributed by atoms with Crippen LogP contribution in [-0.2, 0) is 4.79 Å². The fourth-order valence-electron chi connectivity index (χ4n) is 4.21. The van der Waals surface area contributed by atoms with E-state index in [4.69, 9.17) is 4.74 Å². The van der Waals surface area contributed by atoms with Crippen LogP contribution in [0, 0.1) is 11.8 Å². The van der Waals surface area contributed by atoms with Gasteiger partial charge in [-0.05, 0) is 61.9 Å². The molecule has 1 saturated heterocycles. The Morgan fingerprint density at radius 1 is 0.933 bits per heavy atom. The van der Waals surface area contributed by atoms with Crippen molar-refractivity contribution in [3.05, 3.63) is 54.1 Å². The SMILES string of the molecule is CCOc1ccc(NC(=O)c2ccc(NC(=O)C[NH+]3C[C@H](C)C[C@H](C)C3)cc2)cc1. The van der Waals surface area contributed by atoms with Gasteiger partial charge in [0.25, 0.3) is 11.8 Å². The minimum atomic E-state index is -0.197. The second kappa shape index (κ2) is 10.3. The van der Waals surface area contributed by atoms with Crippen LogP contribution >= 0.6 is 0 Å². The van der Waals surface area contributed by atoms with Crippen molar-refractivity contribution in [2.24, 2.45) is 11.8 Å². The standard InChI is InChI=1S/C24H31N3O3/c1-4-30-22-11-9-21(10-12-22)26-24(29)19-5-7-20(8-6-19)25-23(28)16-27-14-17(2)13-18(3)15-27/h5-12,17-18H,4,13-16H2,1-3H3,(H,25,28)(H,26,29)/p+1/t17-,18+. The van der Waals surface area contributed by atoms with Crippen molar-refractivity contribution in [3.8, 4) is 5.75 Å². The quantitative estimate of drug-likeness (QED) is 0.657. The topological polar surface area (TPSA) is 71.9 Å². The number of quaternary nitrogens is 1. The highest BCUT2D eigenvalue weighted by atomic mass is 16.5. The monoisotopic (exact) mass is 410 g/mol. The summed E-state index contributed by atoms with van der Waals surface area (Å²) in [5.74, 6) is 1.90. The Morgan fingerprint density at radius 2 is 1.50 bits per heavy atom. The number of ether oxygens (including phenoxy) is 1. The van der Waals surface area contributed by atoms with E-state index in [1.165, 1.54) is 11.3 Å². The summed E-state index contributed by atoms with van der Waals surface area (Å²) in [5, 5.41) is 5.81. The van der Waals surface area contributed by atoms with Gasteiger partial charge in [0, 0.05) is 28.8 Å². The van der Waals surface area contributed by atoms with Gasteiger partial charge in [0.05, 0.1) is 19.7 Å². The Hall–Kier alpha value is -2.86. The van der Waals surface area contributed by atoms with Crippen molar-refractivity contribution in [2.75, 3.05) is 36.9 Å². The maximum absolute atomic E-state index is 12.4. The molecule has 0 aromatic heterocycles. The number of anilines is 2. The lowest BCUT2D eigenvalue weighted by atomic mass is 9.92. The zero-order chi connectivity index (χ0) is 21.5. The zero-order valence-corrected chi connectivity index (χ0v) is 18.0. The van der Waals surface area contributed by atoms with E-state index in [0.717, 1.165) is 18.8 Å². The van der Waals surface area contributed by atoms with E-state index in [2.05, 4.69) is 24.5 Å². The smallest absolute Gasteiger partial charge is 0.279 e. The van der Waals surface area contributed by atoms with Crippen LogP contribution in [0.5, 0.6) is 5.75 Å². The Morgan fingerprint density at radius 3 is 2.10 bits per heavy atom. The van der Waals surface area contributed by atoms with Crippen LogP contribution in [0.4, 0.5) is 11.4 Å². The summed E-state index contributed by atoms with van der Waals surface area (Å²) in [7, 11) is 0. The minimum absolute atomic E-state index is 0.0119. The predicted octanol–water partition coefficient (Wildman–Crippen LogP) is 2.84. The van der Waals surface area contributed by atoms with Crippen molar-refractivity contribution < 1.29 is 19.2 Å². The number of amides is 2. The highest BCUT2D eigenvalue weighted by Gasteiger charge is 2.26. The molecule has 1 aliphatic rings. The molecule has 1 heterocycles. The molecule has 3 N–H and O–H groups in total. The molecule has 30 heavy (non-hydrogen) atoms. The number of rotatable bonds is 7.